The first-order valence-corrected chi connectivity index (χ1v) is 12.7. The second-order valence-corrected chi connectivity index (χ2v) is 9.17. The molecule has 208 valence electrons. The number of hydrogen-bond donors (Lipinski definition) is 5. The largest absolute Gasteiger partial charge is 0.395 e. The lowest BCUT2D eigenvalue weighted by molar-refractivity contribution is 0.0934. The normalized spacial score (nSPS) is 11.3. The lowest BCUT2D eigenvalue weighted by Gasteiger charge is -2.16. The molecular formula is C30H28FN7O3. The van der Waals surface area contributed by atoms with Crippen molar-refractivity contribution in [2.24, 2.45) is 0 Å². The number of amides is 2. The maximum absolute atomic E-state index is 13.3. The summed E-state index contributed by atoms with van der Waals surface area (Å²) in [4.78, 5) is 33.9. The molecule has 0 spiro atoms. The number of nitriles is 1. The van der Waals surface area contributed by atoms with Gasteiger partial charge in [-0.2, -0.15) is 5.26 Å². The first-order chi connectivity index (χ1) is 19.8. The second-order valence-electron chi connectivity index (χ2n) is 9.17. The van der Waals surface area contributed by atoms with Crippen LogP contribution in [0.3, 0.4) is 0 Å². The van der Waals surface area contributed by atoms with Crippen LogP contribution in [0.1, 0.15) is 50.4 Å². The molecule has 0 aliphatic carbocycles. The van der Waals surface area contributed by atoms with Gasteiger partial charge in [0.25, 0.3) is 11.8 Å². The van der Waals surface area contributed by atoms with Crippen molar-refractivity contribution in [1.29, 1.82) is 5.26 Å². The average molecular weight is 554 g/mol. The highest BCUT2D eigenvalue weighted by Crippen LogP contribution is 2.24. The molecule has 10 nitrogen and oxygen atoms in total. The van der Waals surface area contributed by atoms with E-state index in [1.807, 2.05) is 30.3 Å². The Morgan fingerprint density at radius 3 is 2.41 bits per heavy atom. The van der Waals surface area contributed by atoms with Gasteiger partial charge in [0, 0.05) is 31.0 Å². The van der Waals surface area contributed by atoms with Crippen LogP contribution in [0.15, 0.2) is 73.1 Å². The van der Waals surface area contributed by atoms with Crippen LogP contribution in [0.25, 0.3) is 11.1 Å². The smallest absolute Gasteiger partial charge is 0.255 e. The van der Waals surface area contributed by atoms with Gasteiger partial charge in [0.15, 0.2) is 0 Å². The molecule has 0 bridgehead atoms. The van der Waals surface area contributed by atoms with Crippen molar-refractivity contribution in [2.45, 2.75) is 19.5 Å². The van der Waals surface area contributed by atoms with E-state index >= 15 is 0 Å². The zero-order valence-electron chi connectivity index (χ0n) is 22.2. The predicted molar refractivity (Wildman–Crippen MR) is 152 cm³/mol. The van der Waals surface area contributed by atoms with E-state index < -0.39 is 17.9 Å². The minimum Gasteiger partial charge on any atom is -0.395 e. The summed E-state index contributed by atoms with van der Waals surface area (Å²) in [6.45, 7) is 2.03. The number of aliphatic hydroxyl groups excluding tert-OH is 1. The van der Waals surface area contributed by atoms with E-state index in [-0.39, 0.29) is 41.5 Å². The van der Waals surface area contributed by atoms with Gasteiger partial charge >= 0.3 is 0 Å². The van der Waals surface area contributed by atoms with E-state index in [1.54, 1.807) is 31.3 Å². The fourth-order valence-electron chi connectivity index (χ4n) is 4.03. The number of benzene rings is 2. The Kier molecular flexibility index (Phi) is 9.19. The Morgan fingerprint density at radius 1 is 1.00 bits per heavy atom. The van der Waals surface area contributed by atoms with E-state index in [4.69, 9.17) is 10.8 Å². The number of aromatic nitrogens is 2. The Hall–Kier alpha value is -5.34. The number of pyridine rings is 2. The van der Waals surface area contributed by atoms with Gasteiger partial charge < -0.3 is 26.8 Å². The first-order valence-electron chi connectivity index (χ1n) is 12.7. The minimum atomic E-state index is -0.432. The molecule has 41 heavy (non-hydrogen) atoms. The minimum absolute atomic E-state index is 0.0897. The number of nitrogen functional groups attached to an aromatic ring is 1. The number of nitrogens with zero attached hydrogens (tertiary/aromatic N) is 3. The van der Waals surface area contributed by atoms with E-state index in [0.29, 0.717) is 17.9 Å². The Labute approximate surface area is 236 Å². The number of hydrogen-bond acceptors (Lipinski definition) is 8. The number of rotatable bonds is 10. The molecule has 1 unspecified atom stereocenters. The fraction of sp³-hybridized carbons (Fsp3) is 0.167. The Balaban J connectivity index is 1.47. The molecule has 2 amide bonds. The van der Waals surface area contributed by atoms with Crippen molar-refractivity contribution in [3.63, 3.8) is 0 Å². The van der Waals surface area contributed by atoms with Crippen LogP contribution < -0.4 is 21.7 Å². The second kappa shape index (κ2) is 13.1. The highest BCUT2D eigenvalue weighted by molar-refractivity contribution is 6.00. The molecule has 4 rings (SSSR count). The Morgan fingerprint density at radius 2 is 1.73 bits per heavy atom. The highest BCUT2D eigenvalue weighted by atomic mass is 19.1. The van der Waals surface area contributed by atoms with Crippen LogP contribution in [0, 0.1) is 17.1 Å². The van der Waals surface area contributed by atoms with Gasteiger partial charge in [-0.15, -0.1) is 0 Å². The molecule has 0 fully saturated rings. The van der Waals surface area contributed by atoms with Crippen molar-refractivity contribution in [3.8, 4) is 17.2 Å². The summed E-state index contributed by atoms with van der Waals surface area (Å²) in [6.07, 6.45) is 2.96. The standard InChI is InChI=1S/C30H28FN7O3/c1-18(21-6-8-24(31)9-7-21)38-30(41)26-12-20(14-32)16-37-28(26)36-15-19-2-4-22(5-3-19)23-13-25(27(33)35-17-23)29(40)34-10-11-39/h2-9,12-13,16-18,39H,10-11,15H2,1H3,(H2,33,35)(H,34,40)(H,36,37)(H,38,41). The summed E-state index contributed by atoms with van der Waals surface area (Å²) in [5.41, 5.74) is 9.63. The number of nitrogens with one attached hydrogen (secondary N) is 3. The quantitative estimate of drug-likeness (QED) is 0.199. The third-order valence-corrected chi connectivity index (χ3v) is 6.29. The molecule has 11 heteroatoms. The molecule has 6 N–H and O–H groups in total. The summed E-state index contributed by atoms with van der Waals surface area (Å²) in [6, 6.07) is 18.0. The van der Waals surface area contributed by atoms with Gasteiger partial charge in [-0.1, -0.05) is 36.4 Å². The molecule has 4 aromatic rings. The maximum atomic E-state index is 13.3. The van der Waals surface area contributed by atoms with Gasteiger partial charge in [0.05, 0.1) is 29.3 Å². The number of anilines is 2. The summed E-state index contributed by atoms with van der Waals surface area (Å²) in [5, 5.41) is 26.9. The molecule has 0 aliphatic rings. The molecular weight excluding hydrogens is 525 g/mol. The number of halogens is 1. The first kappa shape index (κ1) is 28.7. The van der Waals surface area contributed by atoms with Gasteiger partial charge in [-0.3, -0.25) is 9.59 Å². The van der Waals surface area contributed by atoms with E-state index in [9.17, 15) is 19.2 Å². The summed E-state index contributed by atoms with van der Waals surface area (Å²) >= 11 is 0. The number of aliphatic hydroxyl groups is 1. The van der Waals surface area contributed by atoms with Crippen LogP contribution in [0.5, 0.6) is 0 Å². The van der Waals surface area contributed by atoms with Gasteiger partial charge in [0.1, 0.15) is 23.5 Å². The molecule has 2 aromatic heterocycles. The average Bonchev–Trinajstić information content (AvgIpc) is 2.99. The zero-order chi connectivity index (χ0) is 29.4. The summed E-state index contributed by atoms with van der Waals surface area (Å²) in [5.74, 6) is -0.827. The number of nitrogens with two attached hydrogens (primary N) is 1. The van der Waals surface area contributed by atoms with E-state index in [2.05, 4.69) is 25.9 Å². The van der Waals surface area contributed by atoms with Crippen LogP contribution in [-0.4, -0.2) is 40.0 Å². The molecule has 0 saturated heterocycles. The number of carbonyl (C=O) groups excluding carboxylic acids is 2. The van der Waals surface area contributed by atoms with Crippen molar-refractivity contribution < 1.29 is 19.1 Å². The van der Waals surface area contributed by atoms with Crippen molar-refractivity contribution in [1.82, 2.24) is 20.6 Å². The van der Waals surface area contributed by atoms with Crippen LogP contribution in [-0.2, 0) is 6.54 Å². The van der Waals surface area contributed by atoms with Gasteiger partial charge in [-0.05, 0) is 47.9 Å². The molecule has 0 radical (unpaired) electrons. The predicted octanol–water partition coefficient (Wildman–Crippen LogP) is 3.56. The lowest BCUT2D eigenvalue weighted by atomic mass is 10.0. The van der Waals surface area contributed by atoms with Gasteiger partial charge in [-0.25, -0.2) is 14.4 Å². The maximum Gasteiger partial charge on any atom is 0.255 e. The van der Waals surface area contributed by atoms with Crippen molar-refractivity contribution in [3.05, 3.63) is 107 Å². The van der Waals surface area contributed by atoms with Crippen molar-refractivity contribution >= 4 is 23.5 Å². The van der Waals surface area contributed by atoms with Gasteiger partial charge in [0.2, 0.25) is 0 Å². The summed E-state index contributed by atoms with van der Waals surface area (Å²) in [7, 11) is 0. The summed E-state index contributed by atoms with van der Waals surface area (Å²) < 4.78 is 13.3. The molecule has 0 saturated carbocycles. The third-order valence-electron chi connectivity index (χ3n) is 6.29. The van der Waals surface area contributed by atoms with E-state index in [0.717, 1.165) is 16.7 Å². The molecule has 2 heterocycles. The SMILES string of the molecule is CC(NC(=O)c1cc(C#N)cnc1NCc1ccc(-c2cnc(N)c(C(=O)NCCO)c2)cc1)c1ccc(F)cc1. The highest BCUT2D eigenvalue weighted by Gasteiger charge is 2.18. The molecule has 2 aromatic carbocycles. The molecule has 0 aliphatic heterocycles. The lowest BCUT2D eigenvalue weighted by Crippen LogP contribution is -2.28. The van der Waals surface area contributed by atoms with Crippen LogP contribution >= 0.6 is 0 Å². The van der Waals surface area contributed by atoms with Crippen molar-refractivity contribution in [2.75, 3.05) is 24.2 Å². The Bertz CT molecular complexity index is 1590. The van der Waals surface area contributed by atoms with E-state index in [1.165, 1.54) is 24.4 Å². The third kappa shape index (κ3) is 7.20. The van der Waals surface area contributed by atoms with Crippen LogP contribution in [0.2, 0.25) is 0 Å². The van der Waals surface area contributed by atoms with Crippen LogP contribution in [0.4, 0.5) is 16.0 Å². The zero-order valence-corrected chi connectivity index (χ0v) is 22.2. The number of carbonyl (C=O) groups is 2. The monoisotopic (exact) mass is 553 g/mol. The fourth-order valence-corrected chi connectivity index (χ4v) is 4.03. The topological polar surface area (TPSA) is 166 Å². The molecule has 1 atom stereocenters.